The second-order valence-electron chi connectivity index (χ2n) is 6.62. The van der Waals surface area contributed by atoms with Crippen molar-refractivity contribution in [2.45, 2.75) is 19.5 Å². The molecule has 4 nitrogen and oxygen atoms in total. The molecule has 0 bridgehead atoms. The van der Waals surface area contributed by atoms with Gasteiger partial charge in [-0.3, -0.25) is 4.98 Å². The highest BCUT2D eigenvalue weighted by atomic mass is 35.5. The van der Waals surface area contributed by atoms with Crippen LogP contribution in [-0.2, 0) is 19.5 Å². The van der Waals surface area contributed by atoms with Crippen LogP contribution in [-0.4, -0.2) is 14.7 Å². The summed E-state index contributed by atoms with van der Waals surface area (Å²) in [4.78, 5) is 4.04. The summed E-state index contributed by atoms with van der Waals surface area (Å²) in [5, 5.41) is 17.1. The number of rotatable bonds is 6. The van der Waals surface area contributed by atoms with Gasteiger partial charge < -0.3 is 15.0 Å². The van der Waals surface area contributed by atoms with Gasteiger partial charge in [-0.05, 0) is 47.9 Å². The maximum absolute atomic E-state index is 10.8. The number of fused-ring (bicyclic) bond motifs is 1. The molecule has 0 unspecified atom stereocenters. The van der Waals surface area contributed by atoms with E-state index in [9.17, 15) is 5.11 Å². The minimum absolute atomic E-state index is 0.257. The van der Waals surface area contributed by atoms with E-state index in [1.54, 1.807) is 18.5 Å². The molecule has 4 rings (SSSR count). The van der Waals surface area contributed by atoms with Crippen molar-refractivity contribution in [1.29, 1.82) is 0 Å². The fourth-order valence-corrected chi connectivity index (χ4v) is 3.58. The molecule has 0 aliphatic rings. The molecule has 2 aromatic heterocycles. The third-order valence-electron chi connectivity index (χ3n) is 4.74. The number of nitrogens with one attached hydrogen (secondary N) is 1. The number of halogens is 2. The van der Waals surface area contributed by atoms with Crippen molar-refractivity contribution in [3.05, 3.63) is 88.3 Å². The molecule has 6 heteroatoms. The quantitative estimate of drug-likeness (QED) is 0.414. The maximum atomic E-state index is 10.8. The number of benzene rings is 2. The summed E-state index contributed by atoms with van der Waals surface area (Å²) >= 11 is 12.1. The zero-order chi connectivity index (χ0) is 19.5. The monoisotopic (exact) mass is 411 g/mol. The molecule has 2 heterocycles. The highest BCUT2D eigenvalue weighted by Gasteiger charge is 2.12. The molecule has 142 valence electrons. The standard InChI is InChI=1S/C22H19Cl2N3O/c23-18-5-4-15(12-19(18)24)8-11-27-14-17-2-1-3-20(21(17)22(27)28)26-13-16-6-9-25-10-7-16/h1-7,9-10,12,14,26,28H,8,11,13H2. The molecule has 2 aromatic carbocycles. The number of pyridine rings is 1. The molecule has 2 N–H and O–H groups in total. The summed E-state index contributed by atoms with van der Waals surface area (Å²) < 4.78 is 1.87. The molecule has 0 fully saturated rings. The van der Waals surface area contributed by atoms with Gasteiger partial charge in [-0.1, -0.05) is 41.4 Å². The number of anilines is 1. The summed E-state index contributed by atoms with van der Waals surface area (Å²) in [6, 6.07) is 15.5. The number of aryl methyl sites for hydroxylation is 2. The Labute approximate surface area is 173 Å². The average Bonchev–Trinajstić information content (AvgIpc) is 3.04. The summed E-state index contributed by atoms with van der Waals surface area (Å²) in [6.45, 7) is 1.30. The van der Waals surface area contributed by atoms with E-state index in [1.165, 1.54) is 0 Å². The van der Waals surface area contributed by atoms with E-state index < -0.39 is 0 Å². The lowest BCUT2D eigenvalue weighted by molar-refractivity contribution is 0.422. The van der Waals surface area contributed by atoms with Crippen LogP contribution in [0.5, 0.6) is 5.88 Å². The lowest BCUT2D eigenvalue weighted by atomic mass is 10.1. The number of hydrogen-bond acceptors (Lipinski definition) is 3. The SMILES string of the molecule is Oc1c2c(NCc3ccncc3)cccc2cn1CCc1ccc(Cl)c(Cl)c1. The van der Waals surface area contributed by atoms with Crippen LogP contribution in [0.15, 0.2) is 67.1 Å². The molecular weight excluding hydrogens is 393 g/mol. The van der Waals surface area contributed by atoms with Crippen LogP contribution in [0.1, 0.15) is 11.1 Å². The van der Waals surface area contributed by atoms with E-state index in [0.29, 0.717) is 23.1 Å². The van der Waals surface area contributed by atoms with E-state index in [0.717, 1.165) is 34.0 Å². The molecule has 28 heavy (non-hydrogen) atoms. The van der Waals surface area contributed by atoms with Crippen molar-refractivity contribution in [3.8, 4) is 5.88 Å². The molecular formula is C22H19Cl2N3O. The molecule has 0 atom stereocenters. The van der Waals surface area contributed by atoms with E-state index in [-0.39, 0.29) is 5.88 Å². The molecule has 0 saturated carbocycles. The summed E-state index contributed by atoms with van der Waals surface area (Å²) in [6.07, 6.45) is 6.26. The van der Waals surface area contributed by atoms with Crippen molar-refractivity contribution in [1.82, 2.24) is 9.55 Å². The van der Waals surface area contributed by atoms with Gasteiger partial charge in [0.15, 0.2) is 0 Å². The Kier molecular flexibility index (Phi) is 5.42. The van der Waals surface area contributed by atoms with E-state index >= 15 is 0 Å². The molecule has 0 aliphatic carbocycles. The van der Waals surface area contributed by atoms with Crippen molar-refractivity contribution in [3.63, 3.8) is 0 Å². The Morgan fingerprint density at radius 3 is 2.57 bits per heavy atom. The first kappa shape index (κ1) is 18.7. The first-order valence-electron chi connectivity index (χ1n) is 8.99. The van der Waals surface area contributed by atoms with Gasteiger partial charge in [0, 0.05) is 42.8 Å². The summed E-state index contributed by atoms with van der Waals surface area (Å²) in [7, 11) is 0. The second kappa shape index (κ2) is 8.13. The topological polar surface area (TPSA) is 50.1 Å². The highest BCUT2D eigenvalue weighted by Crippen LogP contribution is 2.34. The lowest BCUT2D eigenvalue weighted by Gasteiger charge is -2.09. The molecule has 0 amide bonds. The van der Waals surface area contributed by atoms with Gasteiger partial charge in [-0.15, -0.1) is 0 Å². The minimum Gasteiger partial charge on any atom is -0.494 e. The van der Waals surface area contributed by atoms with Gasteiger partial charge in [0.25, 0.3) is 0 Å². The second-order valence-corrected chi connectivity index (χ2v) is 7.44. The van der Waals surface area contributed by atoms with Crippen LogP contribution < -0.4 is 5.32 Å². The molecule has 0 saturated heterocycles. The molecule has 0 radical (unpaired) electrons. The largest absolute Gasteiger partial charge is 0.494 e. The first-order chi connectivity index (χ1) is 13.6. The van der Waals surface area contributed by atoms with Crippen LogP contribution in [0.25, 0.3) is 10.8 Å². The van der Waals surface area contributed by atoms with Crippen LogP contribution in [0.4, 0.5) is 5.69 Å². The zero-order valence-electron chi connectivity index (χ0n) is 15.1. The van der Waals surface area contributed by atoms with Crippen LogP contribution >= 0.6 is 23.2 Å². The van der Waals surface area contributed by atoms with Gasteiger partial charge >= 0.3 is 0 Å². The Bertz CT molecular complexity index is 1110. The zero-order valence-corrected chi connectivity index (χ0v) is 16.6. The summed E-state index contributed by atoms with van der Waals surface area (Å²) in [5.74, 6) is 0.257. The Morgan fingerprint density at radius 2 is 1.79 bits per heavy atom. The van der Waals surface area contributed by atoms with E-state index in [2.05, 4.69) is 10.3 Å². The normalized spacial score (nSPS) is 11.1. The Morgan fingerprint density at radius 1 is 0.964 bits per heavy atom. The molecule has 0 spiro atoms. The predicted molar refractivity (Wildman–Crippen MR) is 115 cm³/mol. The fourth-order valence-electron chi connectivity index (χ4n) is 3.26. The van der Waals surface area contributed by atoms with Crippen LogP contribution in [0, 0.1) is 0 Å². The number of aromatic hydroxyl groups is 1. The first-order valence-corrected chi connectivity index (χ1v) is 9.75. The van der Waals surface area contributed by atoms with Crippen LogP contribution in [0.3, 0.4) is 0 Å². The Balaban J connectivity index is 1.55. The smallest absolute Gasteiger partial charge is 0.201 e. The number of hydrogen-bond donors (Lipinski definition) is 2. The summed E-state index contributed by atoms with van der Waals surface area (Å²) in [5.41, 5.74) is 3.10. The fraction of sp³-hybridized carbons (Fsp3) is 0.136. The average molecular weight is 412 g/mol. The van der Waals surface area contributed by atoms with Crippen molar-refractivity contribution in [2.24, 2.45) is 0 Å². The third kappa shape index (κ3) is 3.93. The van der Waals surface area contributed by atoms with Crippen molar-refractivity contribution in [2.75, 3.05) is 5.32 Å². The number of nitrogens with zero attached hydrogens (tertiary/aromatic N) is 2. The minimum atomic E-state index is 0.257. The van der Waals surface area contributed by atoms with Gasteiger partial charge in [0.2, 0.25) is 5.88 Å². The van der Waals surface area contributed by atoms with Crippen LogP contribution in [0.2, 0.25) is 10.0 Å². The lowest BCUT2D eigenvalue weighted by Crippen LogP contribution is -2.00. The van der Waals surface area contributed by atoms with Crippen molar-refractivity contribution >= 4 is 39.7 Å². The van der Waals surface area contributed by atoms with Gasteiger partial charge in [0.1, 0.15) is 0 Å². The molecule has 0 aliphatic heterocycles. The maximum Gasteiger partial charge on any atom is 0.201 e. The predicted octanol–water partition coefficient (Wildman–Crippen LogP) is 5.90. The van der Waals surface area contributed by atoms with Crippen molar-refractivity contribution < 1.29 is 5.11 Å². The highest BCUT2D eigenvalue weighted by molar-refractivity contribution is 6.42. The number of aromatic nitrogens is 2. The van der Waals surface area contributed by atoms with Gasteiger partial charge in [-0.2, -0.15) is 0 Å². The molecule has 4 aromatic rings. The third-order valence-corrected chi connectivity index (χ3v) is 5.48. The van der Waals surface area contributed by atoms with E-state index in [4.69, 9.17) is 23.2 Å². The van der Waals surface area contributed by atoms with Gasteiger partial charge in [0.05, 0.1) is 15.4 Å². The van der Waals surface area contributed by atoms with E-state index in [1.807, 2.05) is 53.2 Å². The van der Waals surface area contributed by atoms with Gasteiger partial charge in [-0.25, -0.2) is 0 Å². The Hall–Kier alpha value is -2.69.